The molecule has 0 saturated heterocycles. The van der Waals surface area contributed by atoms with Gasteiger partial charge in [0.2, 0.25) is 0 Å². The molecule has 3 heteroatoms. The number of aromatic nitrogens is 2. The lowest BCUT2D eigenvalue weighted by molar-refractivity contribution is 0.444. The van der Waals surface area contributed by atoms with Gasteiger partial charge >= 0.3 is 0 Å². The molecule has 0 aliphatic heterocycles. The van der Waals surface area contributed by atoms with Gasteiger partial charge in [0.05, 0.1) is 11.4 Å². The van der Waals surface area contributed by atoms with Crippen LogP contribution >= 0.6 is 0 Å². The fourth-order valence-electron chi connectivity index (χ4n) is 1.87. The van der Waals surface area contributed by atoms with Crippen LogP contribution in [0, 0.1) is 5.92 Å². The predicted molar refractivity (Wildman–Crippen MR) is 73.0 cm³/mol. The maximum atomic E-state index is 4.46. The van der Waals surface area contributed by atoms with Crippen LogP contribution < -0.4 is 5.32 Å². The third kappa shape index (κ3) is 4.90. The van der Waals surface area contributed by atoms with Gasteiger partial charge in [0.1, 0.15) is 0 Å². The van der Waals surface area contributed by atoms with E-state index >= 15 is 0 Å². The Morgan fingerprint density at radius 3 is 2.53 bits per heavy atom. The van der Waals surface area contributed by atoms with E-state index in [1.807, 2.05) is 11.7 Å². The Morgan fingerprint density at radius 2 is 2.00 bits per heavy atom. The third-order valence-electron chi connectivity index (χ3n) is 3.20. The molecular formula is C14H27N3. The van der Waals surface area contributed by atoms with Crippen molar-refractivity contribution >= 4 is 0 Å². The summed E-state index contributed by atoms with van der Waals surface area (Å²) in [5.41, 5.74) is 2.46. The number of nitrogens with zero attached hydrogens (tertiary/aromatic N) is 2. The second kappa shape index (κ2) is 6.80. The van der Waals surface area contributed by atoms with E-state index in [2.05, 4.69) is 44.2 Å². The summed E-state index contributed by atoms with van der Waals surface area (Å²) in [6.45, 7) is 9.88. The molecule has 17 heavy (non-hydrogen) atoms. The van der Waals surface area contributed by atoms with E-state index in [-0.39, 0.29) is 0 Å². The molecule has 1 rings (SSSR count). The molecular weight excluding hydrogens is 210 g/mol. The maximum Gasteiger partial charge on any atom is 0.0625 e. The van der Waals surface area contributed by atoms with Crippen LogP contribution in [-0.2, 0) is 20.0 Å². The standard InChI is InChI=1S/C14H27N3/c1-6-13-9-14(17(5)16-13)10-15-12(4)8-7-11(2)3/h9,11-12,15H,6-8,10H2,1-5H3. The lowest BCUT2D eigenvalue weighted by Gasteiger charge is -2.14. The minimum Gasteiger partial charge on any atom is -0.309 e. The SMILES string of the molecule is CCc1cc(CNC(C)CCC(C)C)n(C)n1. The van der Waals surface area contributed by atoms with Crippen molar-refractivity contribution in [3.05, 3.63) is 17.5 Å². The second-order valence-electron chi connectivity index (χ2n) is 5.36. The monoisotopic (exact) mass is 237 g/mol. The highest BCUT2D eigenvalue weighted by Crippen LogP contribution is 2.08. The number of rotatable bonds is 7. The molecule has 1 aromatic rings. The van der Waals surface area contributed by atoms with Crippen molar-refractivity contribution in [2.75, 3.05) is 0 Å². The fourth-order valence-corrected chi connectivity index (χ4v) is 1.87. The molecule has 0 amide bonds. The Bertz CT molecular complexity index is 328. The molecule has 1 heterocycles. The normalized spacial score (nSPS) is 13.3. The van der Waals surface area contributed by atoms with Crippen LogP contribution in [0.4, 0.5) is 0 Å². The first-order chi connectivity index (χ1) is 8.02. The summed E-state index contributed by atoms with van der Waals surface area (Å²) in [5, 5.41) is 8.03. The summed E-state index contributed by atoms with van der Waals surface area (Å²) in [4.78, 5) is 0. The quantitative estimate of drug-likeness (QED) is 0.790. The Balaban J connectivity index is 2.36. The molecule has 1 N–H and O–H groups in total. The first kappa shape index (κ1) is 14.2. The molecule has 0 aromatic carbocycles. The molecule has 1 unspecified atom stereocenters. The van der Waals surface area contributed by atoms with Gasteiger partial charge in [0.15, 0.2) is 0 Å². The van der Waals surface area contributed by atoms with E-state index in [0.717, 1.165) is 18.9 Å². The molecule has 0 radical (unpaired) electrons. The lowest BCUT2D eigenvalue weighted by atomic mass is 10.0. The molecule has 0 aliphatic carbocycles. The first-order valence-electron chi connectivity index (χ1n) is 6.78. The molecule has 0 spiro atoms. The van der Waals surface area contributed by atoms with Crippen molar-refractivity contribution in [2.24, 2.45) is 13.0 Å². The van der Waals surface area contributed by atoms with Gasteiger partial charge in [0, 0.05) is 19.6 Å². The second-order valence-corrected chi connectivity index (χ2v) is 5.36. The predicted octanol–water partition coefficient (Wildman–Crippen LogP) is 2.90. The highest BCUT2D eigenvalue weighted by atomic mass is 15.3. The zero-order valence-corrected chi connectivity index (χ0v) is 12.0. The van der Waals surface area contributed by atoms with Gasteiger partial charge in [0.25, 0.3) is 0 Å². The van der Waals surface area contributed by atoms with Crippen LogP contribution in [0.15, 0.2) is 6.07 Å². The van der Waals surface area contributed by atoms with Crippen molar-refractivity contribution in [2.45, 2.75) is 59.5 Å². The molecule has 1 aromatic heterocycles. The zero-order valence-electron chi connectivity index (χ0n) is 12.0. The molecule has 0 bridgehead atoms. The summed E-state index contributed by atoms with van der Waals surface area (Å²) in [6.07, 6.45) is 3.55. The topological polar surface area (TPSA) is 29.9 Å². The minimum atomic E-state index is 0.581. The van der Waals surface area contributed by atoms with Crippen molar-refractivity contribution in [3.63, 3.8) is 0 Å². The number of hydrogen-bond acceptors (Lipinski definition) is 2. The number of nitrogens with one attached hydrogen (secondary N) is 1. The van der Waals surface area contributed by atoms with Crippen LogP contribution in [0.1, 0.15) is 51.9 Å². The molecule has 3 nitrogen and oxygen atoms in total. The zero-order chi connectivity index (χ0) is 12.8. The summed E-state index contributed by atoms with van der Waals surface area (Å²) in [6, 6.07) is 2.78. The van der Waals surface area contributed by atoms with E-state index in [1.54, 1.807) is 0 Å². The van der Waals surface area contributed by atoms with E-state index in [0.29, 0.717) is 6.04 Å². The van der Waals surface area contributed by atoms with Gasteiger partial charge in [-0.1, -0.05) is 20.8 Å². The van der Waals surface area contributed by atoms with Crippen LogP contribution in [-0.4, -0.2) is 15.8 Å². The van der Waals surface area contributed by atoms with Crippen molar-refractivity contribution in [1.29, 1.82) is 0 Å². The molecule has 98 valence electrons. The van der Waals surface area contributed by atoms with Crippen LogP contribution in [0.25, 0.3) is 0 Å². The third-order valence-corrected chi connectivity index (χ3v) is 3.20. The van der Waals surface area contributed by atoms with Gasteiger partial charge in [-0.25, -0.2) is 0 Å². The highest BCUT2D eigenvalue weighted by molar-refractivity contribution is 5.09. The van der Waals surface area contributed by atoms with Crippen molar-refractivity contribution in [1.82, 2.24) is 15.1 Å². The Hall–Kier alpha value is -0.830. The van der Waals surface area contributed by atoms with Crippen molar-refractivity contribution in [3.8, 4) is 0 Å². The van der Waals surface area contributed by atoms with Gasteiger partial charge in [-0.05, 0) is 38.2 Å². The largest absolute Gasteiger partial charge is 0.309 e. The first-order valence-corrected chi connectivity index (χ1v) is 6.78. The maximum absolute atomic E-state index is 4.46. The van der Waals surface area contributed by atoms with Crippen molar-refractivity contribution < 1.29 is 0 Å². The summed E-state index contributed by atoms with van der Waals surface area (Å²) >= 11 is 0. The van der Waals surface area contributed by atoms with E-state index in [9.17, 15) is 0 Å². The average Bonchev–Trinajstić information content (AvgIpc) is 2.64. The van der Waals surface area contributed by atoms with Crippen LogP contribution in [0.2, 0.25) is 0 Å². The molecule has 0 fully saturated rings. The van der Waals surface area contributed by atoms with Gasteiger partial charge < -0.3 is 5.32 Å². The fraction of sp³-hybridized carbons (Fsp3) is 0.786. The summed E-state index contributed by atoms with van der Waals surface area (Å²) in [7, 11) is 2.02. The van der Waals surface area contributed by atoms with E-state index in [4.69, 9.17) is 0 Å². The summed E-state index contributed by atoms with van der Waals surface area (Å²) < 4.78 is 1.99. The van der Waals surface area contributed by atoms with E-state index < -0.39 is 0 Å². The minimum absolute atomic E-state index is 0.581. The average molecular weight is 237 g/mol. The van der Waals surface area contributed by atoms with Gasteiger partial charge in [-0.3, -0.25) is 4.68 Å². The molecule has 1 atom stereocenters. The number of hydrogen-bond donors (Lipinski definition) is 1. The van der Waals surface area contributed by atoms with Crippen LogP contribution in [0.3, 0.4) is 0 Å². The van der Waals surface area contributed by atoms with E-state index in [1.165, 1.54) is 24.2 Å². The number of aryl methyl sites for hydroxylation is 2. The van der Waals surface area contributed by atoms with Gasteiger partial charge in [-0.15, -0.1) is 0 Å². The molecule has 0 aliphatic rings. The Labute approximate surface area is 106 Å². The summed E-state index contributed by atoms with van der Waals surface area (Å²) in [5.74, 6) is 0.794. The van der Waals surface area contributed by atoms with Gasteiger partial charge in [-0.2, -0.15) is 5.10 Å². The van der Waals surface area contributed by atoms with Crippen LogP contribution in [0.5, 0.6) is 0 Å². The smallest absolute Gasteiger partial charge is 0.0625 e. The Morgan fingerprint density at radius 1 is 1.29 bits per heavy atom. The molecule has 0 saturated carbocycles. The highest BCUT2D eigenvalue weighted by Gasteiger charge is 2.06. The lowest BCUT2D eigenvalue weighted by Crippen LogP contribution is -2.26. The Kier molecular flexibility index (Phi) is 5.69.